The highest BCUT2D eigenvalue weighted by Crippen LogP contribution is 2.34. The Labute approximate surface area is 207 Å². The number of nitrogens with one attached hydrogen (secondary N) is 2. The molecule has 1 amide bonds. The summed E-state index contributed by atoms with van der Waals surface area (Å²) in [4.78, 5) is 28.0. The summed E-state index contributed by atoms with van der Waals surface area (Å²) < 4.78 is 11.0. The van der Waals surface area contributed by atoms with E-state index in [1.165, 1.54) is 0 Å². The summed E-state index contributed by atoms with van der Waals surface area (Å²) in [6.45, 7) is 11.9. The van der Waals surface area contributed by atoms with E-state index in [0.29, 0.717) is 49.9 Å². The Morgan fingerprint density at radius 2 is 2.09 bits per heavy atom. The first kappa shape index (κ1) is 27.7. The molecule has 1 aromatic carbocycles. The Hall–Kier alpha value is -3.52. The molecule has 1 heterocycles. The number of ether oxygens (including phenoxy) is 2. The van der Waals surface area contributed by atoms with Crippen molar-refractivity contribution in [2.45, 2.75) is 33.6 Å². The molecule has 1 aliphatic heterocycles. The molecule has 0 spiro atoms. The lowest BCUT2D eigenvalue weighted by molar-refractivity contribution is 0.0967. The third kappa shape index (κ3) is 9.33. The summed E-state index contributed by atoms with van der Waals surface area (Å²) >= 11 is 0. The van der Waals surface area contributed by atoms with Gasteiger partial charge in [-0.1, -0.05) is 29.5 Å². The zero-order valence-electron chi connectivity index (χ0n) is 20.9. The fourth-order valence-corrected chi connectivity index (χ4v) is 3.65. The van der Waals surface area contributed by atoms with E-state index in [1.807, 2.05) is 45.0 Å². The zero-order chi connectivity index (χ0) is 25.5. The molecule has 1 saturated heterocycles. The predicted octanol–water partition coefficient (Wildman–Crippen LogP) is 4.88. The summed E-state index contributed by atoms with van der Waals surface area (Å²) in [7, 11) is 0. The Kier molecular flexibility index (Phi) is 11.6. The molecule has 35 heavy (non-hydrogen) atoms. The average Bonchev–Trinajstić information content (AvgIpc) is 3.32. The lowest BCUT2D eigenvalue weighted by Gasteiger charge is -2.23. The van der Waals surface area contributed by atoms with Crippen molar-refractivity contribution in [1.29, 1.82) is 0 Å². The summed E-state index contributed by atoms with van der Waals surface area (Å²) in [5.74, 6) is 0.253. The second-order valence-corrected chi connectivity index (χ2v) is 8.37. The number of nitrogens with zero attached hydrogens (tertiary/aromatic N) is 2. The standard InChI is InChI=1S/C27H36N4O4/c1-5-28-18-25(31-26(32)23-10-8-7-9-11-23)16-21(3)24(17-29-22(4)35-6-2)12-13-27(19-30-33)14-15-34-20-27/h5,7-12,16,18,29H,4,6,13-15,17,19-20H2,1-3H3,(H,31,32)/b21-16+,24-12+,25-18+,28-5+. The molecule has 8 nitrogen and oxygen atoms in total. The van der Waals surface area contributed by atoms with E-state index in [1.54, 1.807) is 24.5 Å². The van der Waals surface area contributed by atoms with Crippen molar-refractivity contribution in [3.05, 3.63) is 88.5 Å². The lowest BCUT2D eigenvalue weighted by atomic mass is 9.83. The molecule has 1 fully saturated rings. The number of carbonyl (C=O) groups is 1. The van der Waals surface area contributed by atoms with Crippen LogP contribution < -0.4 is 10.6 Å². The molecule has 0 aliphatic carbocycles. The highest BCUT2D eigenvalue weighted by Gasteiger charge is 2.34. The molecule has 0 radical (unpaired) electrons. The van der Waals surface area contributed by atoms with E-state index < -0.39 is 0 Å². The summed E-state index contributed by atoms with van der Waals surface area (Å²) in [6.07, 6.45) is 8.66. The predicted molar refractivity (Wildman–Crippen MR) is 140 cm³/mol. The SMILES string of the molecule is C=C(NCC(=C\CC1(CN=O)CCOC1)/C(C)=C/C(=C\N=C\C)NC(=O)c1ccccc1)OCC. The molecule has 0 aromatic heterocycles. The van der Waals surface area contributed by atoms with Crippen molar-refractivity contribution >= 4 is 12.1 Å². The van der Waals surface area contributed by atoms with Crippen LogP contribution >= 0.6 is 0 Å². The smallest absolute Gasteiger partial charge is 0.255 e. The second kappa shape index (κ2) is 14.7. The van der Waals surface area contributed by atoms with Gasteiger partial charge in [-0.3, -0.25) is 9.79 Å². The Morgan fingerprint density at radius 3 is 2.71 bits per heavy atom. The number of rotatable bonds is 14. The van der Waals surface area contributed by atoms with Crippen LogP contribution in [0.2, 0.25) is 0 Å². The van der Waals surface area contributed by atoms with E-state index in [9.17, 15) is 9.70 Å². The monoisotopic (exact) mass is 480 g/mol. The quantitative estimate of drug-likeness (QED) is 0.171. The maximum Gasteiger partial charge on any atom is 0.255 e. The second-order valence-electron chi connectivity index (χ2n) is 8.37. The fourth-order valence-electron chi connectivity index (χ4n) is 3.65. The molecule has 8 heteroatoms. The van der Waals surface area contributed by atoms with Crippen molar-refractivity contribution in [3.8, 4) is 0 Å². The highest BCUT2D eigenvalue weighted by atomic mass is 16.5. The van der Waals surface area contributed by atoms with Crippen LogP contribution in [-0.4, -0.2) is 45.0 Å². The minimum Gasteiger partial charge on any atom is -0.480 e. The first-order valence-corrected chi connectivity index (χ1v) is 11.8. The molecule has 1 unspecified atom stereocenters. The van der Waals surface area contributed by atoms with Gasteiger partial charge in [0.1, 0.15) is 0 Å². The number of hydrogen-bond donors (Lipinski definition) is 2. The van der Waals surface area contributed by atoms with Crippen LogP contribution in [0.15, 0.2) is 88.2 Å². The van der Waals surface area contributed by atoms with E-state index >= 15 is 0 Å². The van der Waals surface area contributed by atoms with Crippen LogP contribution in [-0.2, 0) is 9.47 Å². The van der Waals surface area contributed by atoms with E-state index in [0.717, 1.165) is 17.6 Å². The van der Waals surface area contributed by atoms with Gasteiger partial charge in [-0.15, -0.1) is 0 Å². The first-order valence-electron chi connectivity index (χ1n) is 11.8. The van der Waals surface area contributed by atoms with Crippen molar-refractivity contribution < 1.29 is 14.3 Å². The molecular formula is C27H36N4O4. The Balaban J connectivity index is 2.31. The van der Waals surface area contributed by atoms with Gasteiger partial charge in [-0.25, -0.2) is 0 Å². The topological polar surface area (TPSA) is 101 Å². The van der Waals surface area contributed by atoms with Crippen molar-refractivity contribution in [2.75, 3.05) is 32.9 Å². The highest BCUT2D eigenvalue weighted by molar-refractivity contribution is 5.95. The number of benzene rings is 1. The molecule has 2 N–H and O–H groups in total. The third-order valence-corrected chi connectivity index (χ3v) is 5.70. The van der Waals surface area contributed by atoms with Crippen LogP contribution in [0.3, 0.4) is 0 Å². The van der Waals surface area contributed by atoms with Gasteiger partial charge in [0.25, 0.3) is 5.91 Å². The number of hydrogen-bond acceptors (Lipinski definition) is 7. The number of carbonyl (C=O) groups excluding carboxylic acids is 1. The summed E-state index contributed by atoms with van der Waals surface area (Å²) in [5, 5.41) is 9.28. The van der Waals surface area contributed by atoms with Crippen LogP contribution in [0.25, 0.3) is 0 Å². The van der Waals surface area contributed by atoms with Crippen molar-refractivity contribution in [3.63, 3.8) is 0 Å². The molecule has 1 atom stereocenters. The molecule has 1 aliphatic rings. The van der Waals surface area contributed by atoms with Crippen molar-refractivity contribution in [1.82, 2.24) is 10.6 Å². The van der Waals surface area contributed by atoms with E-state index in [-0.39, 0.29) is 17.9 Å². The number of aliphatic imine (C=N–C) groups is 1. The maximum atomic E-state index is 12.7. The zero-order valence-corrected chi connectivity index (χ0v) is 20.9. The third-order valence-electron chi connectivity index (χ3n) is 5.70. The van der Waals surface area contributed by atoms with Gasteiger partial charge < -0.3 is 20.1 Å². The first-order chi connectivity index (χ1) is 16.9. The summed E-state index contributed by atoms with van der Waals surface area (Å²) in [6, 6.07) is 9.01. The van der Waals surface area contributed by atoms with Crippen LogP contribution in [0.1, 0.15) is 44.0 Å². The molecule has 1 aromatic rings. The van der Waals surface area contributed by atoms with Crippen LogP contribution in [0.4, 0.5) is 0 Å². The Morgan fingerprint density at radius 1 is 1.31 bits per heavy atom. The van der Waals surface area contributed by atoms with Crippen LogP contribution in [0, 0.1) is 10.3 Å². The van der Waals surface area contributed by atoms with Gasteiger partial charge in [0.15, 0.2) is 5.88 Å². The minimum atomic E-state index is -0.295. The van der Waals surface area contributed by atoms with Gasteiger partial charge in [0, 0.05) is 36.5 Å². The van der Waals surface area contributed by atoms with E-state index in [4.69, 9.17) is 9.47 Å². The van der Waals surface area contributed by atoms with Gasteiger partial charge in [-0.05, 0) is 69.5 Å². The van der Waals surface area contributed by atoms with Gasteiger partial charge in [0.2, 0.25) is 0 Å². The van der Waals surface area contributed by atoms with Crippen molar-refractivity contribution in [2.24, 2.45) is 15.6 Å². The average molecular weight is 481 g/mol. The molecule has 0 saturated carbocycles. The van der Waals surface area contributed by atoms with Crippen LogP contribution in [0.5, 0.6) is 0 Å². The van der Waals surface area contributed by atoms with Gasteiger partial charge in [-0.2, -0.15) is 4.91 Å². The minimum absolute atomic E-state index is 0.210. The van der Waals surface area contributed by atoms with E-state index in [2.05, 4.69) is 33.5 Å². The maximum absolute atomic E-state index is 12.7. The lowest BCUT2D eigenvalue weighted by Crippen LogP contribution is -2.25. The Bertz CT molecular complexity index is 974. The molecule has 0 bridgehead atoms. The largest absolute Gasteiger partial charge is 0.480 e. The van der Waals surface area contributed by atoms with Gasteiger partial charge in [0.05, 0.1) is 25.5 Å². The normalized spacial score (nSPS) is 19.0. The number of allylic oxidation sites excluding steroid dienone is 2. The molecular weight excluding hydrogens is 444 g/mol. The number of nitroso groups, excluding NO2 is 1. The molecule has 188 valence electrons. The summed E-state index contributed by atoms with van der Waals surface area (Å²) in [5.41, 5.74) is 2.71. The molecule has 2 rings (SSSR count). The van der Waals surface area contributed by atoms with Gasteiger partial charge >= 0.3 is 0 Å². The number of amides is 1. The fraction of sp³-hybridized carbons (Fsp3) is 0.407.